The van der Waals surface area contributed by atoms with Gasteiger partial charge in [-0.25, -0.2) is 0 Å². The molecule has 18 nitrogen and oxygen atoms in total. The number of ether oxygens (including phenoxy) is 8. The van der Waals surface area contributed by atoms with E-state index in [0.717, 1.165) is 116 Å². The summed E-state index contributed by atoms with van der Waals surface area (Å²) in [6.07, 6.45) is 18.3. The van der Waals surface area contributed by atoms with Gasteiger partial charge in [0.1, 0.15) is 17.2 Å². The van der Waals surface area contributed by atoms with E-state index in [0.29, 0.717) is 19.8 Å². The van der Waals surface area contributed by atoms with Crippen LogP contribution in [0.15, 0.2) is 72.8 Å². The van der Waals surface area contributed by atoms with Crippen LogP contribution in [-0.2, 0) is 0 Å². The number of amides is 5. The minimum atomic E-state index is -0.710. The van der Waals surface area contributed by atoms with Gasteiger partial charge in [-0.3, -0.25) is 24.0 Å². The van der Waals surface area contributed by atoms with Gasteiger partial charge >= 0.3 is 0 Å². The molecular formula is C64H83N5O13. The van der Waals surface area contributed by atoms with Crippen LogP contribution in [0.5, 0.6) is 46.0 Å². The van der Waals surface area contributed by atoms with Crippen molar-refractivity contribution in [3.05, 3.63) is 101 Å². The number of benzene rings is 5. The molecule has 1 aliphatic heterocycles. The van der Waals surface area contributed by atoms with E-state index in [-0.39, 0.29) is 102 Å². The zero-order valence-corrected chi connectivity index (χ0v) is 49.1. The fourth-order valence-corrected chi connectivity index (χ4v) is 9.74. The van der Waals surface area contributed by atoms with E-state index in [1.807, 2.05) is 0 Å². The van der Waals surface area contributed by atoms with Gasteiger partial charge in [0.25, 0.3) is 29.5 Å². The van der Waals surface area contributed by atoms with Gasteiger partial charge in [-0.2, -0.15) is 0 Å². The van der Waals surface area contributed by atoms with Crippen molar-refractivity contribution in [1.82, 2.24) is 0 Å². The quantitative estimate of drug-likeness (QED) is 0.0282. The Kier molecular flexibility index (Phi) is 25.3. The van der Waals surface area contributed by atoms with Gasteiger partial charge in [-0.05, 0) is 61.7 Å². The first-order valence-corrected chi connectivity index (χ1v) is 28.9. The Balaban J connectivity index is 1.52. The van der Waals surface area contributed by atoms with Crippen LogP contribution in [0.3, 0.4) is 0 Å². The molecule has 5 amide bonds. The zero-order valence-electron chi connectivity index (χ0n) is 49.1. The fraction of sp³-hybridized carbons (Fsp3) is 0.453. The minimum absolute atomic E-state index is 0.00544. The second-order valence-electron chi connectivity index (χ2n) is 20.0. The maximum Gasteiger partial charge on any atom is 0.259 e. The second kappa shape index (κ2) is 32.9. The van der Waals surface area contributed by atoms with Gasteiger partial charge in [-0.1, -0.05) is 129 Å². The summed E-state index contributed by atoms with van der Waals surface area (Å²) in [4.78, 5) is 73.6. The van der Waals surface area contributed by atoms with Crippen molar-refractivity contribution < 1.29 is 61.9 Å². The number of anilines is 5. The smallest absolute Gasteiger partial charge is 0.259 e. The highest BCUT2D eigenvalue weighted by molar-refractivity contribution is 6.16. The third-order valence-electron chi connectivity index (χ3n) is 14.0. The molecule has 0 radical (unpaired) electrons. The van der Waals surface area contributed by atoms with Crippen LogP contribution in [0.1, 0.15) is 188 Å². The largest absolute Gasteiger partial charge is 0.494 e. The first-order chi connectivity index (χ1) is 39.9. The standard InChI is InChI=1S/C64H83N5O13/c1-9-12-15-18-21-24-33-80-42-36-47-57(77-6)52(39-42)67-60(70)45-29-27-32-51(55(45)75-4)66-63(73)48-37-43(81-34-25-22-19-16-13-10-2)41-54(58(48)78-7)69-64(74)49-38-44(82-35-26-23-20-17-14-11-3)40-53(59(49)79-8)68-61(71)46-30-28-31-50(56(46)76-5)65-62(47)72/h27-32,36-41H,9-26,33-35H2,1-8H3,(H,65,72)(H,66,73)(H,67,70)(H,68,71)(H,69,74). The summed E-state index contributed by atoms with van der Waals surface area (Å²) in [5.74, 6) is -2.70. The number of hydrogen-bond acceptors (Lipinski definition) is 13. The highest BCUT2D eigenvalue weighted by atomic mass is 16.5. The summed E-state index contributed by atoms with van der Waals surface area (Å²) in [5, 5.41) is 14.5. The summed E-state index contributed by atoms with van der Waals surface area (Å²) in [7, 11) is 6.83. The van der Waals surface area contributed by atoms with Gasteiger partial charge in [0.15, 0.2) is 28.7 Å². The number of methoxy groups -OCH3 is 5. The average molecular weight is 1130 g/mol. The molecule has 5 aromatic carbocycles. The molecule has 0 unspecified atom stereocenters. The van der Waals surface area contributed by atoms with E-state index in [9.17, 15) is 24.0 Å². The molecule has 0 aromatic heterocycles. The molecule has 0 fully saturated rings. The van der Waals surface area contributed by atoms with Gasteiger partial charge in [-0.15, -0.1) is 0 Å². The number of nitrogens with one attached hydrogen (secondary N) is 5. The Morgan fingerprint density at radius 3 is 0.817 bits per heavy atom. The summed E-state index contributed by atoms with van der Waals surface area (Å²) in [6.45, 7) is 7.47. The lowest BCUT2D eigenvalue weighted by Gasteiger charge is -2.20. The third-order valence-corrected chi connectivity index (χ3v) is 14.0. The van der Waals surface area contributed by atoms with Crippen molar-refractivity contribution in [1.29, 1.82) is 0 Å². The van der Waals surface area contributed by atoms with Crippen molar-refractivity contribution in [2.24, 2.45) is 0 Å². The number of unbranched alkanes of at least 4 members (excludes halogenated alkanes) is 15. The molecule has 82 heavy (non-hydrogen) atoms. The van der Waals surface area contributed by atoms with Gasteiger partial charge in [0, 0.05) is 18.2 Å². The SMILES string of the molecule is CCCCCCCCOc1cc2c(OC)c(c1)C(=O)Nc1cccc(c1OC)C(=O)Nc1cc(OCCCCCCCC)cc(c1OC)C(=O)Nc1cc(OCCCCCCCC)cc(c1OC)C(=O)Nc1cccc(c1OC)C(=O)N2. The molecule has 10 bridgehead atoms. The van der Waals surface area contributed by atoms with E-state index in [1.54, 1.807) is 42.5 Å². The van der Waals surface area contributed by atoms with Crippen LogP contribution >= 0.6 is 0 Å². The summed E-state index contributed by atoms with van der Waals surface area (Å²) >= 11 is 0. The normalized spacial score (nSPS) is 12.6. The molecular weight excluding hydrogens is 1050 g/mol. The van der Waals surface area contributed by atoms with E-state index in [4.69, 9.17) is 37.9 Å². The molecule has 18 heteroatoms. The maximum atomic E-state index is 14.9. The van der Waals surface area contributed by atoms with Gasteiger partial charge in [0.05, 0.1) is 112 Å². The van der Waals surface area contributed by atoms with E-state index >= 15 is 0 Å². The number of carbonyl (C=O) groups excluding carboxylic acids is 5. The monoisotopic (exact) mass is 1130 g/mol. The molecule has 5 N–H and O–H groups in total. The molecule has 0 atom stereocenters. The van der Waals surface area contributed by atoms with Crippen LogP contribution in [0.2, 0.25) is 0 Å². The van der Waals surface area contributed by atoms with Gasteiger partial charge < -0.3 is 64.5 Å². The van der Waals surface area contributed by atoms with Crippen LogP contribution < -0.4 is 64.5 Å². The van der Waals surface area contributed by atoms with Gasteiger partial charge in [0.2, 0.25) is 0 Å². The predicted octanol–water partition coefficient (Wildman–Crippen LogP) is 14.5. The number of fused-ring (bicyclic) bond motifs is 10. The van der Waals surface area contributed by atoms with E-state index in [1.165, 1.54) is 65.9 Å². The van der Waals surface area contributed by atoms with Crippen LogP contribution in [-0.4, -0.2) is 84.9 Å². The second-order valence-corrected chi connectivity index (χ2v) is 20.0. The van der Waals surface area contributed by atoms with E-state index < -0.39 is 29.5 Å². The number of para-hydroxylation sites is 2. The molecule has 0 aliphatic carbocycles. The highest BCUT2D eigenvalue weighted by Gasteiger charge is 2.29. The molecule has 442 valence electrons. The molecule has 6 rings (SSSR count). The third kappa shape index (κ3) is 17.2. The Hall–Kier alpha value is -8.15. The van der Waals surface area contributed by atoms with Crippen molar-refractivity contribution in [2.45, 2.75) is 136 Å². The average Bonchev–Trinajstić information content (AvgIpc) is 3.68. The molecule has 5 aromatic rings. The van der Waals surface area contributed by atoms with Crippen LogP contribution in [0, 0.1) is 0 Å². The van der Waals surface area contributed by atoms with Crippen molar-refractivity contribution in [3.63, 3.8) is 0 Å². The van der Waals surface area contributed by atoms with Crippen molar-refractivity contribution in [3.8, 4) is 46.0 Å². The lowest BCUT2D eigenvalue weighted by molar-refractivity contribution is 0.101. The molecule has 0 saturated heterocycles. The maximum absolute atomic E-state index is 14.9. The van der Waals surface area contributed by atoms with Crippen molar-refractivity contribution >= 4 is 58.0 Å². The summed E-state index contributed by atoms with van der Waals surface area (Å²) < 4.78 is 48.3. The first kappa shape index (κ1) is 63.0. The Morgan fingerprint density at radius 2 is 0.537 bits per heavy atom. The van der Waals surface area contributed by atoms with Crippen LogP contribution in [0.25, 0.3) is 0 Å². The Bertz CT molecular complexity index is 2940. The molecule has 1 aliphatic rings. The number of hydrogen-bond donors (Lipinski definition) is 5. The van der Waals surface area contributed by atoms with Crippen molar-refractivity contribution in [2.75, 3.05) is 82.0 Å². The molecule has 0 saturated carbocycles. The molecule has 1 heterocycles. The number of carbonyl (C=O) groups is 5. The predicted molar refractivity (Wildman–Crippen MR) is 321 cm³/mol. The lowest BCUT2D eigenvalue weighted by Crippen LogP contribution is -2.20. The molecule has 0 spiro atoms. The number of rotatable bonds is 29. The van der Waals surface area contributed by atoms with E-state index in [2.05, 4.69) is 47.4 Å². The Morgan fingerprint density at radius 1 is 0.293 bits per heavy atom. The highest BCUT2D eigenvalue weighted by Crippen LogP contribution is 2.42. The zero-order chi connectivity index (χ0) is 58.8. The lowest BCUT2D eigenvalue weighted by atomic mass is 10.1. The topological polar surface area (TPSA) is 219 Å². The summed E-state index contributed by atoms with van der Waals surface area (Å²) in [6, 6.07) is 18.6. The Labute approximate surface area is 483 Å². The minimum Gasteiger partial charge on any atom is -0.494 e. The van der Waals surface area contributed by atoms with Crippen LogP contribution in [0.4, 0.5) is 28.4 Å². The fourth-order valence-electron chi connectivity index (χ4n) is 9.74. The summed E-state index contributed by atoms with van der Waals surface area (Å²) in [5.41, 5.74) is 0.425. The first-order valence-electron chi connectivity index (χ1n) is 28.9.